The normalized spacial score (nSPS) is 13.3. The van der Waals surface area contributed by atoms with Crippen LogP contribution in [0.15, 0.2) is 48.6 Å². The first-order valence-corrected chi connectivity index (χ1v) is 23.9. The largest absolute Gasteiger partial charge is 0.394 e. The standard InChI is InChI=1S/C50H93NO3/c1-3-5-7-9-11-13-15-17-19-21-22-23-24-25-26-27-28-30-32-34-36-38-40-42-44-46-50(54)51-48(47-52)49(53)45-43-41-39-37-35-33-31-29-20-18-16-14-12-10-8-6-4-2/h15,17,21-22,24-25,43,45,48-49,52-53H,3-14,16,18-20,23,26-42,44,46-47H2,1-2H3,(H,51,54)/b17-15-,22-21-,25-24-,45-43+. The zero-order valence-electron chi connectivity index (χ0n) is 36.2. The van der Waals surface area contributed by atoms with Crippen LogP contribution < -0.4 is 5.32 Å². The van der Waals surface area contributed by atoms with Crippen LogP contribution in [0.1, 0.15) is 245 Å². The van der Waals surface area contributed by atoms with Gasteiger partial charge in [0.05, 0.1) is 18.8 Å². The van der Waals surface area contributed by atoms with Crippen LogP contribution in [0.25, 0.3) is 0 Å². The average Bonchev–Trinajstić information content (AvgIpc) is 3.18. The number of unbranched alkanes of at least 4 members (excludes halogenated alkanes) is 30. The Hall–Kier alpha value is -1.65. The minimum atomic E-state index is -0.841. The number of amides is 1. The zero-order valence-corrected chi connectivity index (χ0v) is 36.2. The van der Waals surface area contributed by atoms with Gasteiger partial charge in [-0.15, -0.1) is 0 Å². The van der Waals surface area contributed by atoms with E-state index in [1.165, 1.54) is 186 Å². The van der Waals surface area contributed by atoms with Crippen molar-refractivity contribution in [2.75, 3.05) is 6.61 Å². The maximum Gasteiger partial charge on any atom is 0.220 e. The van der Waals surface area contributed by atoms with Gasteiger partial charge in [-0.2, -0.15) is 0 Å². The monoisotopic (exact) mass is 756 g/mol. The SMILES string of the molecule is CCCCCCC/C=C\C/C=C\C/C=C\CCCCCCCCCCCCC(=O)NC(CO)C(O)/C=C/CCCCCCCCCCCCCCCCC. The van der Waals surface area contributed by atoms with Gasteiger partial charge in [0.2, 0.25) is 5.91 Å². The summed E-state index contributed by atoms with van der Waals surface area (Å²) in [5.41, 5.74) is 0. The first-order chi connectivity index (χ1) is 26.7. The van der Waals surface area contributed by atoms with Crippen LogP contribution >= 0.6 is 0 Å². The van der Waals surface area contributed by atoms with Gasteiger partial charge in [0.25, 0.3) is 0 Å². The van der Waals surface area contributed by atoms with E-state index in [4.69, 9.17) is 0 Å². The zero-order chi connectivity index (χ0) is 39.3. The Morgan fingerprint density at radius 1 is 0.444 bits per heavy atom. The highest BCUT2D eigenvalue weighted by atomic mass is 16.3. The van der Waals surface area contributed by atoms with Crippen molar-refractivity contribution in [2.24, 2.45) is 0 Å². The summed E-state index contributed by atoms with van der Waals surface area (Å²) in [6.45, 7) is 4.30. The van der Waals surface area contributed by atoms with Crippen LogP contribution in [-0.4, -0.2) is 34.9 Å². The van der Waals surface area contributed by atoms with Gasteiger partial charge >= 0.3 is 0 Å². The molecule has 0 spiro atoms. The van der Waals surface area contributed by atoms with E-state index in [-0.39, 0.29) is 12.5 Å². The first-order valence-electron chi connectivity index (χ1n) is 23.9. The summed E-state index contributed by atoms with van der Waals surface area (Å²) in [4.78, 5) is 12.4. The lowest BCUT2D eigenvalue weighted by molar-refractivity contribution is -0.123. The Kier molecular flexibility index (Phi) is 44.3. The number of carbonyl (C=O) groups excluding carboxylic acids is 1. The molecule has 0 fully saturated rings. The molecule has 4 heteroatoms. The van der Waals surface area contributed by atoms with Crippen molar-refractivity contribution in [3.63, 3.8) is 0 Å². The van der Waals surface area contributed by atoms with E-state index < -0.39 is 12.1 Å². The highest BCUT2D eigenvalue weighted by molar-refractivity contribution is 5.76. The summed E-state index contributed by atoms with van der Waals surface area (Å²) in [6.07, 6.45) is 62.2. The highest BCUT2D eigenvalue weighted by Gasteiger charge is 2.17. The Balaban J connectivity index is 3.56. The average molecular weight is 756 g/mol. The minimum Gasteiger partial charge on any atom is -0.394 e. The van der Waals surface area contributed by atoms with Crippen LogP contribution in [-0.2, 0) is 4.79 Å². The van der Waals surface area contributed by atoms with Crippen molar-refractivity contribution in [1.29, 1.82) is 0 Å². The second kappa shape index (κ2) is 45.7. The Bertz CT molecular complexity index is 862. The molecule has 0 aromatic rings. The van der Waals surface area contributed by atoms with E-state index >= 15 is 0 Å². The third-order valence-electron chi connectivity index (χ3n) is 10.8. The molecular weight excluding hydrogens is 663 g/mol. The summed E-state index contributed by atoms with van der Waals surface area (Å²) in [5, 5.41) is 23.1. The molecule has 3 N–H and O–H groups in total. The fourth-order valence-corrected chi connectivity index (χ4v) is 7.13. The second-order valence-electron chi connectivity index (χ2n) is 16.2. The van der Waals surface area contributed by atoms with E-state index in [0.29, 0.717) is 6.42 Å². The number of aliphatic hydroxyl groups excluding tert-OH is 2. The van der Waals surface area contributed by atoms with Crippen LogP contribution in [0.3, 0.4) is 0 Å². The molecule has 0 radical (unpaired) electrons. The van der Waals surface area contributed by atoms with Crippen LogP contribution in [0, 0.1) is 0 Å². The highest BCUT2D eigenvalue weighted by Crippen LogP contribution is 2.15. The van der Waals surface area contributed by atoms with E-state index in [9.17, 15) is 15.0 Å². The lowest BCUT2D eigenvalue weighted by atomic mass is 10.0. The molecular formula is C50H93NO3. The maximum absolute atomic E-state index is 12.4. The fourth-order valence-electron chi connectivity index (χ4n) is 7.13. The Morgan fingerprint density at radius 2 is 0.759 bits per heavy atom. The van der Waals surface area contributed by atoms with Gasteiger partial charge in [0.1, 0.15) is 0 Å². The van der Waals surface area contributed by atoms with Gasteiger partial charge in [0, 0.05) is 6.42 Å². The number of allylic oxidation sites excluding steroid dienone is 7. The topological polar surface area (TPSA) is 69.6 Å². The molecule has 2 unspecified atom stereocenters. The quantitative estimate of drug-likeness (QED) is 0.0429. The third-order valence-corrected chi connectivity index (χ3v) is 10.8. The van der Waals surface area contributed by atoms with Crippen molar-refractivity contribution in [3.8, 4) is 0 Å². The molecule has 0 bridgehead atoms. The smallest absolute Gasteiger partial charge is 0.220 e. The van der Waals surface area contributed by atoms with Crippen LogP contribution in [0.5, 0.6) is 0 Å². The lowest BCUT2D eigenvalue weighted by Gasteiger charge is -2.20. The molecule has 0 aromatic carbocycles. The molecule has 316 valence electrons. The molecule has 1 amide bonds. The molecule has 0 aromatic heterocycles. The number of aliphatic hydroxyl groups is 2. The van der Waals surface area contributed by atoms with Crippen molar-refractivity contribution < 1.29 is 15.0 Å². The van der Waals surface area contributed by atoms with Gasteiger partial charge in [-0.1, -0.05) is 229 Å². The van der Waals surface area contributed by atoms with E-state index in [1.54, 1.807) is 6.08 Å². The third kappa shape index (κ3) is 41.5. The van der Waals surface area contributed by atoms with Crippen LogP contribution in [0.2, 0.25) is 0 Å². The molecule has 0 heterocycles. The minimum absolute atomic E-state index is 0.0678. The van der Waals surface area contributed by atoms with Gasteiger partial charge < -0.3 is 15.5 Å². The summed E-state index contributed by atoms with van der Waals surface area (Å²) < 4.78 is 0. The summed E-state index contributed by atoms with van der Waals surface area (Å²) in [5.74, 6) is -0.0678. The van der Waals surface area contributed by atoms with E-state index in [0.717, 1.165) is 38.5 Å². The van der Waals surface area contributed by atoms with Crippen LogP contribution in [0.4, 0.5) is 0 Å². The van der Waals surface area contributed by atoms with Crippen molar-refractivity contribution in [3.05, 3.63) is 48.6 Å². The fraction of sp³-hybridized carbons (Fsp3) is 0.820. The van der Waals surface area contributed by atoms with Crippen molar-refractivity contribution in [2.45, 2.75) is 257 Å². The number of hydrogen-bond acceptors (Lipinski definition) is 3. The number of nitrogens with one attached hydrogen (secondary N) is 1. The van der Waals surface area contributed by atoms with Gasteiger partial charge in [0.15, 0.2) is 0 Å². The van der Waals surface area contributed by atoms with Gasteiger partial charge in [-0.25, -0.2) is 0 Å². The molecule has 4 nitrogen and oxygen atoms in total. The lowest BCUT2D eigenvalue weighted by Crippen LogP contribution is -2.45. The van der Waals surface area contributed by atoms with Gasteiger partial charge in [-0.3, -0.25) is 4.79 Å². The number of rotatable bonds is 43. The summed E-state index contributed by atoms with van der Waals surface area (Å²) in [7, 11) is 0. The molecule has 0 saturated carbocycles. The first kappa shape index (κ1) is 52.3. The Morgan fingerprint density at radius 3 is 1.13 bits per heavy atom. The summed E-state index contributed by atoms with van der Waals surface area (Å²) in [6, 6.07) is -0.625. The number of hydrogen-bond donors (Lipinski definition) is 3. The predicted molar refractivity (Wildman–Crippen MR) is 239 cm³/mol. The second-order valence-corrected chi connectivity index (χ2v) is 16.2. The maximum atomic E-state index is 12.4. The van der Waals surface area contributed by atoms with E-state index in [1.807, 2.05) is 6.08 Å². The Labute approximate surface area is 337 Å². The summed E-state index contributed by atoms with van der Waals surface area (Å²) >= 11 is 0. The van der Waals surface area contributed by atoms with Gasteiger partial charge in [-0.05, 0) is 57.8 Å². The molecule has 0 aliphatic rings. The molecule has 54 heavy (non-hydrogen) atoms. The molecule has 2 atom stereocenters. The molecule has 0 saturated heterocycles. The van der Waals surface area contributed by atoms with Crippen molar-refractivity contribution in [1.82, 2.24) is 5.32 Å². The molecule has 0 aliphatic carbocycles. The number of carbonyl (C=O) groups is 1. The van der Waals surface area contributed by atoms with E-state index in [2.05, 4.69) is 55.6 Å². The molecule has 0 aliphatic heterocycles. The predicted octanol–water partition coefficient (Wildman–Crippen LogP) is 15.1. The van der Waals surface area contributed by atoms with Crippen molar-refractivity contribution >= 4 is 5.91 Å². The molecule has 0 rings (SSSR count).